The highest BCUT2D eigenvalue weighted by molar-refractivity contribution is 5.46. The van der Waals surface area contributed by atoms with Crippen molar-refractivity contribution in [2.24, 2.45) is 5.73 Å². The Labute approximate surface area is 87.7 Å². The molecule has 6 heteroatoms. The highest BCUT2D eigenvalue weighted by atomic mass is 15.4. The van der Waals surface area contributed by atoms with Gasteiger partial charge in [0.15, 0.2) is 0 Å². The molecule has 0 saturated heterocycles. The van der Waals surface area contributed by atoms with E-state index in [0.29, 0.717) is 12.3 Å². The largest absolute Gasteiger partial charge is 0.358 e. The highest BCUT2D eigenvalue weighted by Gasteiger charge is 2.08. The summed E-state index contributed by atoms with van der Waals surface area (Å²) in [5, 5.41) is 4.12. The summed E-state index contributed by atoms with van der Waals surface area (Å²) in [7, 11) is 1.97. The Kier molecular flexibility index (Phi) is 2.51. The van der Waals surface area contributed by atoms with Crippen LogP contribution >= 0.6 is 0 Å². The molecular weight excluding hydrogens is 192 g/mol. The molecule has 0 amide bonds. The summed E-state index contributed by atoms with van der Waals surface area (Å²) in [5.74, 6) is 1.58. The molecule has 0 radical (unpaired) electrons. The van der Waals surface area contributed by atoms with Crippen LogP contribution in [0.2, 0.25) is 0 Å². The monoisotopic (exact) mass is 206 g/mol. The van der Waals surface area contributed by atoms with Crippen molar-refractivity contribution in [1.29, 1.82) is 0 Å². The third-order valence-corrected chi connectivity index (χ3v) is 2.22. The fraction of sp³-hybridized carbons (Fsp3) is 0.444. The fourth-order valence-electron chi connectivity index (χ4n) is 1.49. The molecule has 2 heterocycles. The van der Waals surface area contributed by atoms with Gasteiger partial charge in [-0.15, -0.1) is 0 Å². The molecule has 2 rings (SSSR count). The van der Waals surface area contributed by atoms with E-state index in [2.05, 4.69) is 15.1 Å². The van der Waals surface area contributed by atoms with Gasteiger partial charge in [0.1, 0.15) is 12.1 Å². The number of nitrogens with zero attached hydrogens (tertiary/aromatic N) is 5. The van der Waals surface area contributed by atoms with Crippen LogP contribution in [0.15, 0.2) is 12.4 Å². The first-order valence-corrected chi connectivity index (χ1v) is 4.81. The molecule has 0 aliphatic heterocycles. The van der Waals surface area contributed by atoms with E-state index < -0.39 is 0 Å². The van der Waals surface area contributed by atoms with Gasteiger partial charge in [-0.05, 0) is 6.92 Å². The van der Waals surface area contributed by atoms with Gasteiger partial charge in [-0.1, -0.05) is 0 Å². The van der Waals surface area contributed by atoms with Crippen molar-refractivity contribution in [3.05, 3.63) is 18.1 Å². The minimum absolute atomic E-state index is 0.605. The van der Waals surface area contributed by atoms with Gasteiger partial charge in [0.25, 0.3) is 5.78 Å². The molecule has 0 saturated carbocycles. The normalized spacial score (nSPS) is 10.9. The summed E-state index contributed by atoms with van der Waals surface area (Å²) in [6, 6.07) is 1.97. The zero-order valence-electron chi connectivity index (χ0n) is 8.88. The lowest BCUT2D eigenvalue weighted by atomic mass is 10.4. The summed E-state index contributed by atoms with van der Waals surface area (Å²) in [6.45, 7) is 3.32. The number of aromatic nitrogens is 4. The molecule has 0 bridgehead atoms. The summed E-state index contributed by atoms with van der Waals surface area (Å²) < 4.78 is 1.71. The highest BCUT2D eigenvalue weighted by Crippen LogP contribution is 2.13. The van der Waals surface area contributed by atoms with Crippen molar-refractivity contribution in [2.75, 3.05) is 25.0 Å². The molecule has 0 aromatic carbocycles. The number of hydrogen-bond acceptors (Lipinski definition) is 5. The average molecular weight is 206 g/mol. The van der Waals surface area contributed by atoms with Crippen molar-refractivity contribution in [2.45, 2.75) is 6.92 Å². The Balaban J connectivity index is 2.52. The number of likely N-dealkylation sites (N-methyl/N-ethyl adjacent to an activating group) is 1. The molecule has 0 atom stereocenters. The first-order valence-electron chi connectivity index (χ1n) is 4.81. The SMILES string of the molecule is Cc1cc(N(C)CCN)n2ncnc2n1. The molecule has 2 aromatic rings. The maximum absolute atomic E-state index is 5.52. The Morgan fingerprint density at radius 1 is 1.53 bits per heavy atom. The van der Waals surface area contributed by atoms with E-state index in [1.165, 1.54) is 6.33 Å². The van der Waals surface area contributed by atoms with Gasteiger partial charge in [-0.25, -0.2) is 4.98 Å². The van der Waals surface area contributed by atoms with Crippen molar-refractivity contribution < 1.29 is 0 Å². The van der Waals surface area contributed by atoms with Crippen LogP contribution in [0, 0.1) is 6.92 Å². The van der Waals surface area contributed by atoms with Gasteiger partial charge >= 0.3 is 0 Å². The van der Waals surface area contributed by atoms with Crippen LogP contribution in [-0.2, 0) is 0 Å². The van der Waals surface area contributed by atoms with Crippen molar-refractivity contribution in [1.82, 2.24) is 19.6 Å². The molecule has 6 nitrogen and oxygen atoms in total. The van der Waals surface area contributed by atoms with E-state index in [1.54, 1.807) is 4.52 Å². The van der Waals surface area contributed by atoms with Gasteiger partial charge in [0.05, 0.1) is 0 Å². The molecule has 0 aliphatic rings. The first kappa shape index (κ1) is 9.85. The van der Waals surface area contributed by atoms with Crippen molar-refractivity contribution >= 4 is 11.6 Å². The maximum atomic E-state index is 5.52. The predicted octanol–water partition coefficient (Wildman–Crippen LogP) is -0.172. The van der Waals surface area contributed by atoms with Crippen LogP contribution in [0.3, 0.4) is 0 Å². The lowest BCUT2D eigenvalue weighted by Gasteiger charge is -2.18. The maximum Gasteiger partial charge on any atom is 0.254 e. The molecule has 0 unspecified atom stereocenters. The summed E-state index contributed by atoms with van der Waals surface area (Å²) in [5.41, 5.74) is 6.45. The van der Waals surface area contributed by atoms with Gasteiger partial charge < -0.3 is 10.6 Å². The minimum atomic E-state index is 0.605. The molecule has 0 aliphatic carbocycles. The number of anilines is 1. The Hall–Kier alpha value is -1.69. The molecule has 15 heavy (non-hydrogen) atoms. The first-order chi connectivity index (χ1) is 7.22. The molecule has 0 spiro atoms. The van der Waals surface area contributed by atoms with Gasteiger partial charge in [0.2, 0.25) is 0 Å². The standard InChI is InChI=1S/C9H14N6/c1-7-5-8(14(2)4-3-10)15-9(13-7)11-6-12-15/h5-6H,3-4,10H2,1-2H3. The molecule has 80 valence electrons. The number of fused-ring (bicyclic) bond motifs is 1. The zero-order chi connectivity index (χ0) is 10.8. The van der Waals surface area contributed by atoms with Crippen LogP contribution in [0.25, 0.3) is 5.78 Å². The quantitative estimate of drug-likeness (QED) is 0.754. The number of nitrogens with two attached hydrogens (primary N) is 1. The molecular formula is C9H14N6. The predicted molar refractivity (Wildman–Crippen MR) is 57.8 cm³/mol. The van der Waals surface area contributed by atoms with Crippen LogP contribution in [0.5, 0.6) is 0 Å². The summed E-state index contributed by atoms with van der Waals surface area (Å²) >= 11 is 0. The number of rotatable bonds is 3. The van der Waals surface area contributed by atoms with Crippen molar-refractivity contribution in [3.63, 3.8) is 0 Å². The van der Waals surface area contributed by atoms with Gasteiger partial charge in [0, 0.05) is 31.9 Å². The average Bonchev–Trinajstić information content (AvgIpc) is 2.64. The van der Waals surface area contributed by atoms with E-state index in [1.807, 2.05) is 24.9 Å². The number of hydrogen-bond donors (Lipinski definition) is 1. The third kappa shape index (κ3) is 1.75. The summed E-state index contributed by atoms with van der Waals surface area (Å²) in [4.78, 5) is 10.4. The fourth-order valence-corrected chi connectivity index (χ4v) is 1.49. The van der Waals surface area contributed by atoms with E-state index in [-0.39, 0.29) is 0 Å². The van der Waals surface area contributed by atoms with Crippen LogP contribution in [-0.4, -0.2) is 39.7 Å². The molecule has 2 N–H and O–H groups in total. The molecule has 0 fully saturated rings. The second-order valence-corrected chi connectivity index (χ2v) is 3.44. The minimum Gasteiger partial charge on any atom is -0.358 e. The van der Waals surface area contributed by atoms with Crippen LogP contribution < -0.4 is 10.6 Å². The second-order valence-electron chi connectivity index (χ2n) is 3.44. The topological polar surface area (TPSA) is 72.3 Å². The van der Waals surface area contributed by atoms with E-state index in [9.17, 15) is 0 Å². The molecule has 2 aromatic heterocycles. The summed E-state index contributed by atoms with van der Waals surface area (Å²) in [6.07, 6.45) is 1.50. The third-order valence-electron chi connectivity index (χ3n) is 2.22. The van der Waals surface area contributed by atoms with Crippen molar-refractivity contribution in [3.8, 4) is 0 Å². The van der Waals surface area contributed by atoms with Crippen LogP contribution in [0.4, 0.5) is 5.82 Å². The lowest BCUT2D eigenvalue weighted by molar-refractivity contribution is 0.817. The lowest BCUT2D eigenvalue weighted by Crippen LogP contribution is -2.27. The second kappa shape index (κ2) is 3.82. The Morgan fingerprint density at radius 3 is 3.07 bits per heavy atom. The van der Waals surface area contributed by atoms with Gasteiger partial charge in [-0.3, -0.25) is 0 Å². The van der Waals surface area contributed by atoms with E-state index in [0.717, 1.165) is 18.1 Å². The smallest absolute Gasteiger partial charge is 0.254 e. The van der Waals surface area contributed by atoms with E-state index >= 15 is 0 Å². The Bertz CT molecular complexity index is 463. The van der Waals surface area contributed by atoms with E-state index in [4.69, 9.17) is 5.73 Å². The number of aryl methyl sites for hydroxylation is 1. The van der Waals surface area contributed by atoms with Crippen LogP contribution in [0.1, 0.15) is 5.69 Å². The zero-order valence-corrected chi connectivity index (χ0v) is 8.88. The Morgan fingerprint density at radius 2 is 2.33 bits per heavy atom. The van der Waals surface area contributed by atoms with Gasteiger partial charge in [-0.2, -0.15) is 14.6 Å².